The molecule has 152 valence electrons. The van der Waals surface area contributed by atoms with Gasteiger partial charge in [0.1, 0.15) is 5.82 Å². The van der Waals surface area contributed by atoms with E-state index in [1.807, 2.05) is 0 Å². The lowest BCUT2D eigenvalue weighted by atomic mass is 10.2. The maximum absolute atomic E-state index is 12.9. The molecule has 0 radical (unpaired) electrons. The van der Waals surface area contributed by atoms with Crippen LogP contribution in [0, 0.1) is 5.82 Å². The second kappa shape index (κ2) is 8.89. The fourth-order valence-electron chi connectivity index (χ4n) is 2.43. The van der Waals surface area contributed by atoms with E-state index in [-0.39, 0.29) is 35.4 Å². The third kappa shape index (κ3) is 5.75. The van der Waals surface area contributed by atoms with Crippen LogP contribution in [0.2, 0.25) is 10.0 Å². The molecule has 0 unspecified atom stereocenters. The Kier molecular flexibility index (Phi) is 6.51. The smallest absolute Gasteiger partial charge is 0.322 e. The average molecular weight is 458 g/mol. The number of sulfone groups is 1. The Morgan fingerprint density at radius 1 is 1.07 bits per heavy atom. The summed E-state index contributed by atoms with van der Waals surface area (Å²) in [5.41, 5.74) is 0.487. The first-order valence-corrected chi connectivity index (χ1v) is 10.7. The standard InChI is InChI=1S/C18H14Cl2FN3O4S/c19-12-8-11(9-13(20)10-12)17-23-24-18(28-17)22-16(25)2-1-7-29(26,27)15-5-3-14(21)4-6-15/h3-6,8-10H,1-2,7H2,(H,22,24,25). The molecule has 0 aliphatic carbocycles. The average Bonchev–Trinajstić information content (AvgIpc) is 3.09. The number of nitrogens with zero attached hydrogens (tertiary/aromatic N) is 2. The Balaban J connectivity index is 1.55. The SMILES string of the molecule is O=C(CCCS(=O)(=O)c1ccc(F)cc1)Nc1nnc(-c2cc(Cl)cc(Cl)c2)o1. The Bertz CT molecular complexity index is 1110. The summed E-state index contributed by atoms with van der Waals surface area (Å²) in [4.78, 5) is 12.0. The highest BCUT2D eigenvalue weighted by molar-refractivity contribution is 7.91. The normalized spacial score (nSPS) is 11.4. The minimum atomic E-state index is -3.61. The van der Waals surface area contributed by atoms with Gasteiger partial charge in [-0.2, -0.15) is 0 Å². The maximum atomic E-state index is 12.9. The number of aromatic nitrogens is 2. The summed E-state index contributed by atoms with van der Waals surface area (Å²) in [7, 11) is -3.61. The number of hydrogen-bond acceptors (Lipinski definition) is 6. The van der Waals surface area contributed by atoms with E-state index in [0.29, 0.717) is 15.6 Å². The Hall–Kier alpha value is -2.49. The highest BCUT2D eigenvalue weighted by Crippen LogP contribution is 2.27. The second-order valence-electron chi connectivity index (χ2n) is 6.00. The highest BCUT2D eigenvalue weighted by Gasteiger charge is 2.16. The van der Waals surface area contributed by atoms with Gasteiger partial charge in [0, 0.05) is 22.0 Å². The zero-order valence-corrected chi connectivity index (χ0v) is 17.1. The van der Waals surface area contributed by atoms with Crippen molar-refractivity contribution < 1.29 is 22.0 Å². The molecule has 1 heterocycles. The first-order valence-electron chi connectivity index (χ1n) is 8.31. The van der Waals surface area contributed by atoms with Crippen LogP contribution in [0.1, 0.15) is 12.8 Å². The molecule has 0 bridgehead atoms. The number of carbonyl (C=O) groups excluding carboxylic acids is 1. The molecule has 0 saturated carbocycles. The number of benzene rings is 2. The van der Waals surface area contributed by atoms with E-state index in [0.717, 1.165) is 12.1 Å². The van der Waals surface area contributed by atoms with E-state index >= 15 is 0 Å². The van der Waals surface area contributed by atoms with E-state index in [1.165, 1.54) is 12.1 Å². The van der Waals surface area contributed by atoms with E-state index in [2.05, 4.69) is 15.5 Å². The number of amides is 1. The molecule has 1 amide bonds. The van der Waals surface area contributed by atoms with Crippen LogP contribution in [0.15, 0.2) is 51.8 Å². The van der Waals surface area contributed by atoms with E-state index in [9.17, 15) is 17.6 Å². The number of hydrogen-bond donors (Lipinski definition) is 1. The van der Waals surface area contributed by atoms with Crippen LogP contribution in [0.5, 0.6) is 0 Å². The molecule has 3 rings (SSSR count). The van der Waals surface area contributed by atoms with Crippen LogP contribution >= 0.6 is 23.2 Å². The van der Waals surface area contributed by atoms with Gasteiger partial charge in [-0.05, 0) is 48.9 Å². The molecule has 29 heavy (non-hydrogen) atoms. The molecule has 1 N–H and O–H groups in total. The lowest BCUT2D eigenvalue weighted by Gasteiger charge is -2.04. The third-order valence-corrected chi connectivity index (χ3v) is 6.02. The van der Waals surface area contributed by atoms with E-state index in [4.69, 9.17) is 27.6 Å². The van der Waals surface area contributed by atoms with Gasteiger partial charge < -0.3 is 4.42 Å². The van der Waals surface area contributed by atoms with Crippen LogP contribution < -0.4 is 5.32 Å². The molecule has 0 aliphatic rings. The van der Waals surface area contributed by atoms with Crippen LogP contribution in [0.3, 0.4) is 0 Å². The molecule has 2 aromatic carbocycles. The number of halogens is 3. The minimum Gasteiger partial charge on any atom is -0.403 e. The summed E-state index contributed by atoms with van der Waals surface area (Å²) in [6.45, 7) is 0. The zero-order valence-electron chi connectivity index (χ0n) is 14.7. The van der Waals surface area contributed by atoms with Crippen LogP contribution in [0.4, 0.5) is 10.4 Å². The lowest BCUT2D eigenvalue weighted by molar-refractivity contribution is -0.116. The fourth-order valence-corrected chi connectivity index (χ4v) is 4.27. The molecule has 3 aromatic rings. The quantitative estimate of drug-likeness (QED) is 0.528. The summed E-state index contributed by atoms with van der Waals surface area (Å²) < 4.78 is 42.6. The maximum Gasteiger partial charge on any atom is 0.322 e. The first-order chi connectivity index (χ1) is 13.7. The molecule has 0 fully saturated rings. The van der Waals surface area contributed by atoms with Gasteiger partial charge in [0.2, 0.25) is 11.8 Å². The van der Waals surface area contributed by atoms with Crippen LogP contribution in [0.25, 0.3) is 11.5 Å². The molecule has 0 saturated heterocycles. The monoisotopic (exact) mass is 457 g/mol. The van der Waals surface area contributed by atoms with Crippen LogP contribution in [-0.2, 0) is 14.6 Å². The van der Waals surface area contributed by atoms with Gasteiger partial charge in [-0.3, -0.25) is 10.1 Å². The van der Waals surface area contributed by atoms with Crippen molar-refractivity contribution in [3.05, 3.63) is 58.3 Å². The van der Waals surface area contributed by atoms with Gasteiger partial charge in [0.05, 0.1) is 10.6 Å². The van der Waals surface area contributed by atoms with Crippen molar-refractivity contribution in [2.24, 2.45) is 0 Å². The number of nitrogens with one attached hydrogen (secondary N) is 1. The van der Waals surface area contributed by atoms with Crippen molar-refractivity contribution in [3.63, 3.8) is 0 Å². The predicted octanol–water partition coefficient (Wildman–Crippen LogP) is 4.38. The topological polar surface area (TPSA) is 102 Å². The number of carbonyl (C=O) groups is 1. The van der Waals surface area contributed by atoms with Crippen molar-refractivity contribution in [2.75, 3.05) is 11.1 Å². The van der Waals surface area contributed by atoms with Crippen molar-refractivity contribution in [1.82, 2.24) is 10.2 Å². The van der Waals surface area contributed by atoms with Crippen molar-refractivity contribution in [3.8, 4) is 11.5 Å². The van der Waals surface area contributed by atoms with Gasteiger partial charge in [-0.1, -0.05) is 28.3 Å². The number of anilines is 1. The first kappa shape index (κ1) is 21.2. The largest absolute Gasteiger partial charge is 0.403 e. The van der Waals surface area contributed by atoms with Crippen molar-refractivity contribution in [1.29, 1.82) is 0 Å². The second-order valence-corrected chi connectivity index (χ2v) is 8.98. The van der Waals surface area contributed by atoms with E-state index < -0.39 is 21.6 Å². The fraction of sp³-hybridized carbons (Fsp3) is 0.167. The molecule has 1 aromatic heterocycles. The van der Waals surface area contributed by atoms with E-state index in [1.54, 1.807) is 18.2 Å². The van der Waals surface area contributed by atoms with Crippen molar-refractivity contribution >= 4 is 45.0 Å². The summed E-state index contributed by atoms with van der Waals surface area (Å²) in [6.07, 6.45) is -0.0163. The Morgan fingerprint density at radius 2 is 1.72 bits per heavy atom. The van der Waals surface area contributed by atoms with Gasteiger partial charge in [0.25, 0.3) is 0 Å². The minimum absolute atomic E-state index is 0.000957. The van der Waals surface area contributed by atoms with Crippen LogP contribution in [-0.4, -0.2) is 30.3 Å². The third-order valence-electron chi connectivity index (χ3n) is 3.77. The van der Waals surface area contributed by atoms with Crippen molar-refractivity contribution in [2.45, 2.75) is 17.7 Å². The molecule has 11 heteroatoms. The number of rotatable bonds is 7. The molecule has 0 aliphatic heterocycles. The molecular weight excluding hydrogens is 444 g/mol. The Morgan fingerprint density at radius 3 is 2.38 bits per heavy atom. The molecule has 0 atom stereocenters. The van der Waals surface area contributed by atoms with Gasteiger partial charge in [-0.25, -0.2) is 12.8 Å². The van der Waals surface area contributed by atoms with Gasteiger partial charge in [-0.15, -0.1) is 5.10 Å². The summed E-state index contributed by atoms with van der Waals surface area (Å²) >= 11 is 11.9. The molecule has 0 spiro atoms. The van der Waals surface area contributed by atoms with Gasteiger partial charge >= 0.3 is 6.01 Å². The summed E-state index contributed by atoms with van der Waals surface area (Å²) in [6, 6.07) is 9.08. The molecule has 7 nitrogen and oxygen atoms in total. The Labute approximate surface area is 175 Å². The molecular formula is C18H14Cl2FN3O4S. The van der Waals surface area contributed by atoms with Gasteiger partial charge in [0.15, 0.2) is 9.84 Å². The highest BCUT2D eigenvalue weighted by atomic mass is 35.5. The lowest BCUT2D eigenvalue weighted by Crippen LogP contribution is -2.14. The summed E-state index contributed by atoms with van der Waals surface area (Å²) in [5.74, 6) is -1.16. The zero-order chi connectivity index (χ0) is 21.0. The summed E-state index contributed by atoms with van der Waals surface area (Å²) in [5, 5.41) is 10.7. The predicted molar refractivity (Wildman–Crippen MR) is 106 cm³/mol.